The molecule has 24 heavy (non-hydrogen) atoms. The number of anilines is 1. The van der Waals surface area contributed by atoms with Gasteiger partial charge in [0.2, 0.25) is 0 Å². The molecule has 4 nitrogen and oxygen atoms in total. The van der Waals surface area contributed by atoms with Crippen molar-refractivity contribution in [2.45, 2.75) is 20.8 Å². The molecule has 0 aliphatic rings. The van der Waals surface area contributed by atoms with Gasteiger partial charge >= 0.3 is 0 Å². The lowest BCUT2D eigenvalue weighted by atomic mass is 10.1. The smallest absolute Gasteiger partial charge is 0.255 e. The van der Waals surface area contributed by atoms with E-state index in [9.17, 15) is 9.18 Å². The summed E-state index contributed by atoms with van der Waals surface area (Å²) in [6.45, 7) is 7.01. The van der Waals surface area contributed by atoms with Gasteiger partial charge in [0.15, 0.2) is 11.5 Å². The first-order chi connectivity index (χ1) is 11.5. The molecule has 0 unspecified atom stereocenters. The minimum Gasteiger partial charge on any atom is -0.490 e. The van der Waals surface area contributed by atoms with Crippen molar-refractivity contribution in [1.29, 1.82) is 0 Å². The summed E-state index contributed by atoms with van der Waals surface area (Å²) in [5.41, 5.74) is 0.817. The van der Waals surface area contributed by atoms with Gasteiger partial charge in [-0.3, -0.25) is 4.79 Å². The summed E-state index contributed by atoms with van der Waals surface area (Å²) < 4.78 is 24.5. The molecule has 2 rings (SSSR count). The average Bonchev–Trinajstić information content (AvgIpc) is 2.53. The molecule has 0 spiro atoms. The van der Waals surface area contributed by atoms with Crippen molar-refractivity contribution in [3.63, 3.8) is 0 Å². The Bertz CT molecular complexity index is 701. The van der Waals surface area contributed by atoms with E-state index < -0.39 is 5.82 Å². The fourth-order valence-electron chi connectivity index (χ4n) is 2.06. The predicted molar refractivity (Wildman–Crippen MR) is 92.3 cm³/mol. The molecular weight excluding hydrogens is 309 g/mol. The van der Waals surface area contributed by atoms with Crippen LogP contribution in [0.25, 0.3) is 0 Å². The van der Waals surface area contributed by atoms with Crippen LogP contribution >= 0.6 is 0 Å². The Hall–Kier alpha value is -2.56. The van der Waals surface area contributed by atoms with Gasteiger partial charge in [-0.15, -0.1) is 0 Å². The molecule has 0 radical (unpaired) electrons. The van der Waals surface area contributed by atoms with Crippen LogP contribution in [0.3, 0.4) is 0 Å². The summed E-state index contributed by atoms with van der Waals surface area (Å²) in [5, 5.41) is 2.66. The molecule has 0 saturated heterocycles. The summed E-state index contributed by atoms with van der Waals surface area (Å²) in [7, 11) is 0. The minimum atomic E-state index is -0.403. The molecule has 0 aliphatic carbocycles. The van der Waals surface area contributed by atoms with E-state index in [4.69, 9.17) is 9.47 Å². The maximum atomic E-state index is 13.2. The molecule has 2 aromatic carbocycles. The van der Waals surface area contributed by atoms with Crippen LogP contribution < -0.4 is 14.8 Å². The number of carbonyl (C=O) groups is 1. The summed E-state index contributed by atoms with van der Waals surface area (Å²) in [4.78, 5) is 12.3. The Balaban J connectivity index is 2.17. The zero-order valence-corrected chi connectivity index (χ0v) is 14.1. The molecule has 2 aromatic rings. The number of hydrogen-bond donors (Lipinski definition) is 1. The topological polar surface area (TPSA) is 47.6 Å². The van der Waals surface area contributed by atoms with E-state index in [1.807, 2.05) is 6.92 Å². The van der Waals surface area contributed by atoms with Crippen LogP contribution in [-0.4, -0.2) is 19.1 Å². The Morgan fingerprint density at radius 2 is 1.92 bits per heavy atom. The lowest BCUT2D eigenvalue weighted by molar-refractivity contribution is 0.102. The monoisotopic (exact) mass is 331 g/mol. The number of ether oxygens (including phenoxy) is 2. The van der Waals surface area contributed by atoms with Crippen molar-refractivity contribution in [3.8, 4) is 11.5 Å². The fourth-order valence-corrected chi connectivity index (χ4v) is 2.06. The van der Waals surface area contributed by atoms with Crippen LogP contribution in [0.2, 0.25) is 0 Å². The standard InChI is InChI=1S/C19H22FNO3/c1-4-23-18-10-14(8-9-17(18)24-12-13(2)3)19(22)21-16-7-5-6-15(20)11-16/h5-11,13H,4,12H2,1-3H3,(H,21,22). The minimum absolute atomic E-state index is 0.336. The zero-order valence-electron chi connectivity index (χ0n) is 14.1. The van der Waals surface area contributed by atoms with E-state index in [1.54, 1.807) is 30.3 Å². The zero-order chi connectivity index (χ0) is 17.5. The molecule has 0 heterocycles. The lowest BCUT2D eigenvalue weighted by Gasteiger charge is -2.14. The number of benzene rings is 2. The lowest BCUT2D eigenvalue weighted by Crippen LogP contribution is -2.13. The van der Waals surface area contributed by atoms with E-state index in [-0.39, 0.29) is 5.91 Å². The number of halogens is 1. The van der Waals surface area contributed by atoms with Crippen molar-refractivity contribution in [2.75, 3.05) is 18.5 Å². The second kappa shape index (κ2) is 8.34. The number of amides is 1. The highest BCUT2D eigenvalue weighted by Gasteiger charge is 2.12. The Kier molecular flexibility index (Phi) is 6.18. The molecule has 0 atom stereocenters. The number of rotatable bonds is 7. The maximum absolute atomic E-state index is 13.2. The molecule has 1 amide bonds. The second-order valence-electron chi connectivity index (χ2n) is 5.76. The number of nitrogens with one attached hydrogen (secondary N) is 1. The van der Waals surface area contributed by atoms with Crippen molar-refractivity contribution >= 4 is 11.6 Å². The van der Waals surface area contributed by atoms with E-state index in [0.29, 0.717) is 41.9 Å². The molecule has 0 bridgehead atoms. The predicted octanol–water partition coefficient (Wildman–Crippen LogP) is 4.51. The van der Waals surface area contributed by atoms with Gasteiger partial charge in [-0.2, -0.15) is 0 Å². The molecule has 0 aromatic heterocycles. The van der Waals surface area contributed by atoms with Crippen molar-refractivity contribution < 1.29 is 18.7 Å². The Morgan fingerprint density at radius 1 is 1.12 bits per heavy atom. The summed E-state index contributed by atoms with van der Waals surface area (Å²) >= 11 is 0. The highest BCUT2D eigenvalue weighted by molar-refractivity contribution is 6.04. The average molecular weight is 331 g/mol. The van der Waals surface area contributed by atoms with Crippen LogP contribution in [0.5, 0.6) is 11.5 Å². The third-order valence-corrected chi connectivity index (χ3v) is 3.16. The van der Waals surface area contributed by atoms with Gasteiger partial charge in [0, 0.05) is 11.3 Å². The maximum Gasteiger partial charge on any atom is 0.255 e. The molecule has 0 saturated carbocycles. The van der Waals surface area contributed by atoms with E-state index in [0.717, 1.165) is 0 Å². The number of hydrogen-bond acceptors (Lipinski definition) is 3. The van der Waals surface area contributed by atoms with Crippen LogP contribution in [0.4, 0.5) is 10.1 Å². The largest absolute Gasteiger partial charge is 0.490 e. The fraction of sp³-hybridized carbons (Fsp3) is 0.316. The van der Waals surface area contributed by atoms with Gasteiger partial charge in [0.05, 0.1) is 13.2 Å². The summed E-state index contributed by atoms with van der Waals surface area (Å²) in [6.07, 6.45) is 0. The van der Waals surface area contributed by atoms with Crippen LogP contribution in [0.15, 0.2) is 42.5 Å². The molecule has 5 heteroatoms. The molecule has 0 fully saturated rings. The third-order valence-electron chi connectivity index (χ3n) is 3.16. The van der Waals surface area contributed by atoms with E-state index in [1.165, 1.54) is 12.1 Å². The van der Waals surface area contributed by atoms with Gasteiger partial charge in [-0.05, 0) is 49.2 Å². The first-order valence-corrected chi connectivity index (χ1v) is 7.96. The third kappa shape index (κ3) is 4.98. The number of carbonyl (C=O) groups excluding carboxylic acids is 1. The molecule has 1 N–H and O–H groups in total. The Labute approximate surface area is 141 Å². The van der Waals surface area contributed by atoms with Crippen molar-refractivity contribution in [3.05, 3.63) is 53.8 Å². The van der Waals surface area contributed by atoms with Gasteiger partial charge in [-0.1, -0.05) is 19.9 Å². The Morgan fingerprint density at radius 3 is 2.58 bits per heavy atom. The SMILES string of the molecule is CCOc1cc(C(=O)Nc2cccc(F)c2)ccc1OCC(C)C. The first kappa shape index (κ1) is 17.8. The first-order valence-electron chi connectivity index (χ1n) is 7.96. The highest BCUT2D eigenvalue weighted by Crippen LogP contribution is 2.29. The molecule has 128 valence electrons. The van der Waals surface area contributed by atoms with Crippen LogP contribution in [0.1, 0.15) is 31.1 Å². The van der Waals surface area contributed by atoms with Gasteiger partial charge in [-0.25, -0.2) is 4.39 Å². The van der Waals surface area contributed by atoms with Crippen LogP contribution in [-0.2, 0) is 0 Å². The summed E-state index contributed by atoms with van der Waals surface area (Å²) in [6, 6.07) is 10.8. The normalized spacial score (nSPS) is 10.5. The van der Waals surface area contributed by atoms with Crippen molar-refractivity contribution in [2.24, 2.45) is 5.92 Å². The van der Waals surface area contributed by atoms with Crippen LogP contribution in [0, 0.1) is 11.7 Å². The van der Waals surface area contributed by atoms with Crippen molar-refractivity contribution in [1.82, 2.24) is 0 Å². The van der Waals surface area contributed by atoms with E-state index in [2.05, 4.69) is 19.2 Å². The van der Waals surface area contributed by atoms with Gasteiger partial charge in [0.1, 0.15) is 5.82 Å². The van der Waals surface area contributed by atoms with E-state index >= 15 is 0 Å². The van der Waals surface area contributed by atoms with Gasteiger partial charge in [0.25, 0.3) is 5.91 Å². The highest BCUT2D eigenvalue weighted by atomic mass is 19.1. The molecule has 0 aliphatic heterocycles. The molecular formula is C19H22FNO3. The quantitative estimate of drug-likeness (QED) is 0.812. The van der Waals surface area contributed by atoms with Gasteiger partial charge < -0.3 is 14.8 Å². The second-order valence-corrected chi connectivity index (χ2v) is 5.76. The summed E-state index contributed by atoms with van der Waals surface area (Å²) in [5.74, 6) is 0.769.